The molecule has 1 aromatic heterocycles. The molecule has 9 nitrogen and oxygen atoms in total. The molecule has 0 spiro atoms. The average Bonchev–Trinajstić information content (AvgIpc) is 2.91. The van der Waals surface area contributed by atoms with E-state index >= 15 is 0 Å². The second-order valence-electron chi connectivity index (χ2n) is 8.20. The van der Waals surface area contributed by atoms with Crippen molar-refractivity contribution in [2.45, 2.75) is 19.4 Å². The maximum Gasteiger partial charge on any atom is 0.330 e. The highest BCUT2D eigenvalue weighted by molar-refractivity contribution is 6.35. The number of ether oxygens (including phenoxy) is 2. The number of nitrogens with one attached hydrogen (secondary N) is 1. The summed E-state index contributed by atoms with van der Waals surface area (Å²) in [5.74, 6) is 0.555. The third kappa shape index (κ3) is 5.52. The lowest BCUT2D eigenvalue weighted by atomic mass is 10.1. The van der Waals surface area contributed by atoms with Crippen LogP contribution in [0, 0.1) is 0 Å². The molecule has 1 N–H and O–H groups in total. The molecule has 1 aliphatic rings. The number of allylic oxidation sites excluding steroid dienone is 1. The van der Waals surface area contributed by atoms with Crippen LogP contribution in [0.5, 0.6) is 11.5 Å². The third-order valence-electron chi connectivity index (χ3n) is 5.80. The zero-order valence-corrected chi connectivity index (χ0v) is 21.3. The van der Waals surface area contributed by atoms with Gasteiger partial charge in [-0.05, 0) is 17.7 Å². The molecule has 2 heterocycles. The molecule has 38 heavy (non-hydrogen) atoms. The van der Waals surface area contributed by atoms with Crippen molar-refractivity contribution in [1.29, 1.82) is 0 Å². The molecule has 3 aromatic rings. The summed E-state index contributed by atoms with van der Waals surface area (Å²) < 4.78 is 37.8. The fourth-order valence-electron chi connectivity index (χ4n) is 3.97. The van der Waals surface area contributed by atoms with E-state index in [2.05, 4.69) is 21.9 Å². The van der Waals surface area contributed by atoms with Crippen LogP contribution in [0.15, 0.2) is 55.3 Å². The van der Waals surface area contributed by atoms with Gasteiger partial charge in [-0.2, -0.15) is 4.98 Å². The number of nitrogens with zero attached hydrogens (tertiary/aromatic N) is 4. The van der Waals surface area contributed by atoms with Gasteiger partial charge >= 0.3 is 6.03 Å². The van der Waals surface area contributed by atoms with Crippen molar-refractivity contribution in [2.24, 2.45) is 0 Å². The fraction of sp³-hybridized carbons (Fsp3) is 0.231. The van der Waals surface area contributed by atoms with Gasteiger partial charge in [0.15, 0.2) is 5.78 Å². The van der Waals surface area contributed by atoms with Gasteiger partial charge < -0.3 is 14.8 Å². The van der Waals surface area contributed by atoms with E-state index in [4.69, 9.17) is 21.1 Å². The minimum Gasteiger partial charge on any atom is -0.497 e. The molecule has 0 saturated carbocycles. The average molecular weight is 544 g/mol. The molecule has 0 fully saturated rings. The van der Waals surface area contributed by atoms with Gasteiger partial charge in [-0.3, -0.25) is 14.6 Å². The van der Waals surface area contributed by atoms with Gasteiger partial charge in [-0.1, -0.05) is 36.4 Å². The molecule has 198 valence electrons. The highest BCUT2D eigenvalue weighted by Gasteiger charge is 2.36. The Labute approximate surface area is 222 Å². The molecule has 12 heteroatoms. The number of benzene rings is 2. The van der Waals surface area contributed by atoms with Crippen molar-refractivity contribution in [2.75, 3.05) is 35.9 Å². The van der Waals surface area contributed by atoms with Gasteiger partial charge in [0.1, 0.15) is 22.3 Å². The zero-order valence-electron chi connectivity index (χ0n) is 20.6. The van der Waals surface area contributed by atoms with Crippen LogP contribution >= 0.6 is 11.6 Å². The van der Waals surface area contributed by atoms with E-state index in [1.165, 1.54) is 37.5 Å². The maximum atomic E-state index is 13.6. The number of fused-ring (bicyclic) bond motifs is 1. The van der Waals surface area contributed by atoms with Crippen molar-refractivity contribution < 1.29 is 27.8 Å². The number of halogens is 3. The first-order chi connectivity index (χ1) is 18.2. The number of carbonyl (C=O) groups excluding carboxylic acids is 2. The lowest BCUT2D eigenvalue weighted by Crippen LogP contribution is -2.49. The Kier molecular flexibility index (Phi) is 8.06. The van der Waals surface area contributed by atoms with Gasteiger partial charge in [0, 0.05) is 36.0 Å². The summed E-state index contributed by atoms with van der Waals surface area (Å²) in [7, 11) is 2.85. The normalized spacial score (nSPS) is 12.8. The molecule has 2 amide bonds. The summed E-state index contributed by atoms with van der Waals surface area (Å²) in [5.41, 5.74) is 1.87. The Hall–Kier alpha value is -4.25. The lowest BCUT2D eigenvalue weighted by molar-refractivity contribution is -0.114. The van der Waals surface area contributed by atoms with E-state index in [0.29, 0.717) is 22.6 Å². The number of aromatic nitrogens is 2. The third-order valence-corrected chi connectivity index (χ3v) is 6.18. The summed E-state index contributed by atoms with van der Waals surface area (Å²) in [6, 6.07) is 9.35. The minimum absolute atomic E-state index is 0.0331. The number of rotatable bonds is 10. The summed E-state index contributed by atoms with van der Waals surface area (Å²) in [6.07, 6.45) is -0.0478. The van der Waals surface area contributed by atoms with Crippen LogP contribution in [0.1, 0.15) is 11.1 Å². The molecular weight excluding hydrogens is 520 g/mol. The van der Waals surface area contributed by atoms with Crippen LogP contribution in [0.3, 0.4) is 0 Å². The van der Waals surface area contributed by atoms with E-state index in [1.54, 1.807) is 30.3 Å². The SMILES string of the molecule is C=CC(=O)Cc1ccccc1Nc1ncc2c(n1)N(CC(F)F)C(=O)N(c1cc(OC)cc(OC)c1Cl)C2. The van der Waals surface area contributed by atoms with Gasteiger partial charge in [0.25, 0.3) is 6.43 Å². The monoisotopic (exact) mass is 543 g/mol. The summed E-state index contributed by atoms with van der Waals surface area (Å²) >= 11 is 6.48. The lowest BCUT2D eigenvalue weighted by Gasteiger charge is -2.36. The van der Waals surface area contributed by atoms with Crippen molar-refractivity contribution in [3.05, 3.63) is 71.4 Å². The second-order valence-corrected chi connectivity index (χ2v) is 8.58. The number of hydrogen-bond acceptors (Lipinski definition) is 7. The van der Waals surface area contributed by atoms with Crippen molar-refractivity contribution >= 4 is 46.6 Å². The molecule has 0 atom stereocenters. The predicted octanol–water partition coefficient (Wildman–Crippen LogP) is 5.40. The molecule has 0 radical (unpaired) electrons. The van der Waals surface area contributed by atoms with Gasteiger partial charge in [-0.25, -0.2) is 18.6 Å². The predicted molar refractivity (Wildman–Crippen MR) is 140 cm³/mol. The van der Waals surface area contributed by atoms with Crippen LogP contribution < -0.4 is 24.6 Å². The van der Waals surface area contributed by atoms with Crippen molar-refractivity contribution in [1.82, 2.24) is 9.97 Å². The van der Waals surface area contributed by atoms with Gasteiger partial charge in [0.2, 0.25) is 5.95 Å². The molecule has 1 aliphatic heterocycles. The molecule has 0 saturated heterocycles. The van der Waals surface area contributed by atoms with E-state index in [1.807, 2.05) is 0 Å². The van der Waals surface area contributed by atoms with E-state index in [-0.39, 0.29) is 47.0 Å². The van der Waals surface area contributed by atoms with Crippen LogP contribution in [-0.4, -0.2) is 49.0 Å². The minimum atomic E-state index is -2.83. The summed E-state index contributed by atoms with van der Waals surface area (Å²) in [4.78, 5) is 36.2. The number of urea groups is 1. The standard InChI is InChI=1S/C26H24ClF2N5O4/c1-4-17(35)9-15-7-5-6-8-19(15)31-25-30-12-16-13-33(26(36)34(14-22(28)29)24(16)32-25)20-10-18(37-2)11-21(38-3)23(20)27/h4-8,10-12,22H,1,9,13-14H2,2-3H3,(H,30,31,32). The number of anilines is 4. The second kappa shape index (κ2) is 11.4. The number of amides is 2. The van der Waals surface area contributed by atoms with Crippen LogP contribution in [-0.2, 0) is 17.8 Å². The number of ketones is 1. The van der Waals surface area contributed by atoms with E-state index < -0.39 is 19.0 Å². The van der Waals surface area contributed by atoms with Gasteiger partial charge in [0.05, 0.1) is 33.0 Å². The van der Waals surface area contributed by atoms with E-state index in [9.17, 15) is 18.4 Å². The maximum absolute atomic E-state index is 13.6. The van der Waals surface area contributed by atoms with Crippen LogP contribution in [0.2, 0.25) is 5.02 Å². The van der Waals surface area contributed by atoms with E-state index in [0.717, 1.165) is 4.90 Å². The van der Waals surface area contributed by atoms with Crippen LogP contribution in [0.25, 0.3) is 0 Å². The molecule has 0 aliphatic carbocycles. The Morgan fingerprint density at radius 2 is 2.03 bits per heavy atom. The van der Waals surface area contributed by atoms with Crippen LogP contribution in [0.4, 0.5) is 36.7 Å². The summed E-state index contributed by atoms with van der Waals surface area (Å²) in [6.45, 7) is 2.56. The highest BCUT2D eigenvalue weighted by atomic mass is 35.5. The number of methoxy groups -OCH3 is 2. The quantitative estimate of drug-likeness (QED) is 0.342. The molecule has 0 unspecified atom stereocenters. The van der Waals surface area contributed by atoms with Crippen molar-refractivity contribution in [3.63, 3.8) is 0 Å². The molecule has 4 rings (SSSR count). The Bertz CT molecular complexity index is 1390. The number of carbonyl (C=O) groups is 2. The molecule has 2 aromatic carbocycles. The number of alkyl halides is 2. The Morgan fingerprint density at radius 3 is 2.71 bits per heavy atom. The molecular formula is C26H24ClF2N5O4. The Morgan fingerprint density at radius 1 is 1.26 bits per heavy atom. The topological polar surface area (TPSA) is 96.9 Å². The first-order valence-electron chi connectivity index (χ1n) is 11.4. The number of para-hydroxylation sites is 1. The smallest absolute Gasteiger partial charge is 0.330 e. The molecule has 0 bridgehead atoms. The first-order valence-corrected chi connectivity index (χ1v) is 11.8. The fourth-order valence-corrected chi connectivity index (χ4v) is 4.25. The van der Waals surface area contributed by atoms with Gasteiger partial charge in [-0.15, -0.1) is 0 Å². The first kappa shape index (κ1) is 26.8. The van der Waals surface area contributed by atoms with Crippen molar-refractivity contribution in [3.8, 4) is 11.5 Å². The Balaban J connectivity index is 1.73. The summed E-state index contributed by atoms with van der Waals surface area (Å²) in [5, 5.41) is 3.14. The highest BCUT2D eigenvalue weighted by Crippen LogP contribution is 2.42. The number of hydrogen-bond donors (Lipinski definition) is 1. The largest absolute Gasteiger partial charge is 0.497 e. The zero-order chi connectivity index (χ0) is 27.4.